The second kappa shape index (κ2) is 17.6. The number of amides is 1. The molecule has 0 heterocycles. The highest BCUT2D eigenvalue weighted by Crippen LogP contribution is 2.02. The van der Waals surface area contributed by atoms with Crippen molar-refractivity contribution in [3.05, 3.63) is 79.9 Å². The average Bonchev–Trinajstić information content (AvgIpc) is 2.53. The van der Waals surface area contributed by atoms with Crippen LogP contribution in [0.5, 0.6) is 0 Å². The van der Waals surface area contributed by atoms with Crippen molar-refractivity contribution in [2.75, 3.05) is 6.61 Å². The Hall–Kier alpha value is -2.39. The van der Waals surface area contributed by atoms with Crippen LogP contribution in [0.1, 0.15) is 18.4 Å². The molecule has 0 aliphatic heterocycles. The summed E-state index contributed by atoms with van der Waals surface area (Å²) in [6.07, 6.45) is 10.3. The fourth-order valence-electron chi connectivity index (χ4n) is 0.993. The number of nitrogens with two attached hydrogens (primary N) is 1. The van der Waals surface area contributed by atoms with Crippen LogP contribution < -0.4 is 5.73 Å². The van der Waals surface area contributed by atoms with E-state index in [0.717, 1.165) is 18.9 Å². The lowest BCUT2D eigenvalue weighted by Crippen LogP contribution is -2.04. The quantitative estimate of drug-likeness (QED) is 0.478. The summed E-state index contributed by atoms with van der Waals surface area (Å²) < 4.78 is 0. The zero-order valence-corrected chi connectivity index (χ0v) is 12.4. The van der Waals surface area contributed by atoms with Crippen LogP contribution >= 0.6 is 0 Å². The minimum absolute atomic E-state index is 0.277. The molecule has 0 bridgehead atoms. The van der Waals surface area contributed by atoms with Gasteiger partial charge in [-0.3, -0.25) is 4.79 Å². The number of rotatable bonds is 6. The van der Waals surface area contributed by atoms with Gasteiger partial charge in [0.2, 0.25) is 5.91 Å². The Morgan fingerprint density at radius 3 is 2.05 bits per heavy atom. The van der Waals surface area contributed by atoms with Gasteiger partial charge in [0, 0.05) is 6.61 Å². The first-order valence-electron chi connectivity index (χ1n) is 6.60. The first-order valence-corrected chi connectivity index (χ1v) is 6.60. The molecule has 0 unspecified atom stereocenters. The molecule has 0 aromatic heterocycles. The van der Waals surface area contributed by atoms with Gasteiger partial charge in [-0.2, -0.15) is 0 Å². The number of hydrogen-bond donors (Lipinski definition) is 2. The van der Waals surface area contributed by atoms with Gasteiger partial charge < -0.3 is 10.8 Å². The van der Waals surface area contributed by atoms with Gasteiger partial charge in [-0.1, -0.05) is 74.4 Å². The molecule has 3 heteroatoms. The molecule has 114 valence electrons. The Labute approximate surface area is 127 Å². The van der Waals surface area contributed by atoms with Crippen LogP contribution in [-0.4, -0.2) is 17.6 Å². The summed E-state index contributed by atoms with van der Waals surface area (Å²) in [6.45, 7) is 10.1. The maximum atomic E-state index is 9.47. The van der Waals surface area contributed by atoms with E-state index in [9.17, 15) is 4.79 Å². The molecule has 0 saturated heterocycles. The molecule has 0 spiro atoms. The van der Waals surface area contributed by atoms with E-state index < -0.39 is 5.91 Å². The van der Waals surface area contributed by atoms with Crippen molar-refractivity contribution in [1.29, 1.82) is 0 Å². The maximum absolute atomic E-state index is 9.47. The predicted octanol–water partition coefficient (Wildman–Crippen LogP) is 3.49. The third-order valence-electron chi connectivity index (χ3n) is 2.01. The molecule has 0 aliphatic carbocycles. The number of allylic oxidation sites excluding steroid dienone is 3. The van der Waals surface area contributed by atoms with E-state index in [1.807, 2.05) is 18.2 Å². The fraction of sp³-hybridized carbons (Fsp3) is 0.167. The predicted molar refractivity (Wildman–Crippen MR) is 91.6 cm³/mol. The number of carbonyl (C=O) groups excluding carboxylic acids is 1. The molecule has 0 aliphatic rings. The molecule has 0 fully saturated rings. The highest BCUT2D eigenvalue weighted by Gasteiger charge is 1.82. The largest absolute Gasteiger partial charge is 0.396 e. The van der Waals surface area contributed by atoms with Crippen molar-refractivity contribution in [2.24, 2.45) is 5.73 Å². The molecule has 1 aromatic rings. The molecule has 1 aromatic carbocycles. The number of aliphatic hydroxyl groups excluding tert-OH is 1. The van der Waals surface area contributed by atoms with Gasteiger partial charge in [0.25, 0.3) is 0 Å². The van der Waals surface area contributed by atoms with Gasteiger partial charge in [-0.15, -0.1) is 0 Å². The number of unbranched alkanes of at least 4 members (excludes halogenated alkanes) is 1. The molecule has 3 N–H and O–H groups in total. The molecule has 1 rings (SSSR count). The standard InChI is InChI=1S/C11H14O.C4H6.C3H5NO/c12-10-6-2-5-9-11-7-3-1-4-8-11;1-3-4-2;1-2-3(4)5/h1,3-5,7-9,12H,2,6,10H2;3-4H,1-2H2;2H,1H2,(H2,4,5). The van der Waals surface area contributed by atoms with E-state index in [1.165, 1.54) is 5.56 Å². The lowest BCUT2D eigenvalue weighted by molar-refractivity contribution is -0.113. The van der Waals surface area contributed by atoms with Gasteiger partial charge in [0.15, 0.2) is 0 Å². The molecule has 0 saturated carbocycles. The van der Waals surface area contributed by atoms with Gasteiger partial charge >= 0.3 is 0 Å². The number of hydrogen-bond acceptors (Lipinski definition) is 2. The van der Waals surface area contributed by atoms with E-state index >= 15 is 0 Å². The number of carbonyl (C=O) groups is 1. The Balaban J connectivity index is 0. The van der Waals surface area contributed by atoms with Crippen LogP contribution in [0.25, 0.3) is 6.08 Å². The lowest BCUT2D eigenvalue weighted by atomic mass is 10.2. The van der Waals surface area contributed by atoms with E-state index in [4.69, 9.17) is 5.11 Å². The summed E-state index contributed by atoms with van der Waals surface area (Å²) in [7, 11) is 0. The topological polar surface area (TPSA) is 63.3 Å². The first kappa shape index (κ1) is 20.9. The van der Waals surface area contributed by atoms with E-state index in [0.29, 0.717) is 0 Å². The fourth-order valence-corrected chi connectivity index (χ4v) is 0.993. The van der Waals surface area contributed by atoms with Crippen molar-refractivity contribution >= 4 is 12.0 Å². The van der Waals surface area contributed by atoms with Crippen LogP contribution in [0, 0.1) is 0 Å². The Morgan fingerprint density at radius 2 is 1.67 bits per heavy atom. The summed E-state index contributed by atoms with van der Waals surface area (Å²) in [5, 5.41) is 8.53. The van der Waals surface area contributed by atoms with E-state index in [2.05, 4.69) is 49.8 Å². The Kier molecular flexibility index (Phi) is 17.5. The van der Waals surface area contributed by atoms with Gasteiger partial charge in [0.1, 0.15) is 0 Å². The monoisotopic (exact) mass is 287 g/mol. The highest BCUT2D eigenvalue weighted by molar-refractivity contribution is 5.84. The number of primary amides is 1. The van der Waals surface area contributed by atoms with Crippen LogP contribution in [0.3, 0.4) is 0 Å². The van der Waals surface area contributed by atoms with Gasteiger partial charge in [-0.05, 0) is 24.5 Å². The zero-order valence-electron chi connectivity index (χ0n) is 12.4. The highest BCUT2D eigenvalue weighted by atomic mass is 16.2. The average molecular weight is 287 g/mol. The van der Waals surface area contributed by atoms with Gasteiger partial charge in [-0.25, -0.2) is 0 Å². The molecule has 0 atom stereocenters. The van der Waals surface area contributed by atoms with Crippen molar-refractivity contribution < 1.29 is 9.90 Å². The third kappa shape index (κ3) is 20.1. The molecular formula is C18H25NO2. The van der Waals surface area contributed by atoms with Crippen LogP contribution in [0.4, 0.5) is 0 Å². The first-order chi connectivity index (χ1) is 10.1. The normalized spacial score (nSPS) is 8.62. The second-order valence-electron chi connectivity index (χ2n) is 3.76. The molecular weight excluding hydrogens is 262 g/mol. The van der Waals surface area contributed by atoms with Crippen molar-refractivity contribution in [3.8, 4) is 0 Å². The molecule has 0 radical (unpaired) electrons. The molecule has 3 nitrogen and oxygen atoms in total. The van der Waals surface area contributed by atoms with E-state index in [-0.39, 0.29) is 6.61 Å². The summed E-state index contributed by atoms with van der Waals surface area (Å²) in [5.41, 5.74) is 5.75. The van der Waals surface area contributed by atoms with Crippen LogP contribution in [0.2, 0.25) is 0 Å². The van der Waals surface area contributed by atoms with Crippen molar-refractivity contribution in [3.63, 3.8) is 0 Å². The Morgan fingerprint density at radius 1 is 1.14 bits per heavy atom. The van der Waals surface area contributed by atoms with Crippen molar-refractivity contribution in [2.45, 2.75) is 12.8 Å². The van der Waals surface area contributed by atoms with Crippen LogP contribution in [-0.2, 0) is 4.79 Å². The summed E-state index contributed by atoms with van der Waals surface area (Å²) >= 11 is 0. The molecule has 1 amide bonds. The number of aliphatic hydroxyl groups is 1. The van der Waals surface area contributed by atoms with Crippen LogP contribution in [0.15, 0.2) is 74.4 Å². The smallest absolute Gasteiger partial charge is 0.240 e. The minimum atomic E-state index is -0.481. The zero-order chi connectivity index (χ0) is 16.3. The summed E-state index contributed by atoms with van der Waals surface area (Å²) in [6, 6.07) is 10.2. The molecule has 21 heavy (non-hydrogen) atoms. The maximum Gasteiger partial charge on any atom is 0.240 e. The lowest BCUT2D eigenvalue weighted by Gasteiger charge is -1.91. The van der Waals surface area contributed by atoms with E-state index in [1.54, 1.807) is 12.2 Å². The van der Waals surface area contributed by atoms with Crippen molar-refractivity contribution in [1.82, 2.24) is 0 Å². The third-order valence-corrected chi connectivity index (χ3v) is 2.01. The summed E-state index contributed by atoms with van der Waals surface area (Å²) in [5.74, 6) is -0.481. The SMILES string of the molecule is C=CC(N)=O.C=CC=C.OCCCC=Cc1ccccc1. The summed E-state index contributed by atoms with van der Waals surface area (Å²) in [4.78, 5) is 9.47. The van der Waals surface area contributed by atoms with Gasteiger partial charge in [0.05, 0.1) is 0 Å². The number of benzene rings is 1. The Bertz CT molecular complexity index is 416. The minimum Gasteiger partial charge on any atom is -0.396 e. The second-order valence-corrected chi connectivity index (χ2v) is 3.76.